The first-order valence-electron chi connectivity index (χ1n) is 8.58. The second kappa shape index (κ2) is 7.85. The summed E-state index contributed by atoms with van der Waals surface area (Å²) in [4.78, 5) is 29.7. The monoisotopic (exact) mass is 407 g/mol. The Bertz CT molecular complexity index is 1050. The van der Waals surface area contributed by atoms with Gasteiger partial charge in [0.25, 0.3) is 5.56 Å². The maximum atomic E-state index is 12.7. The summed E-state index contributed by atoms with van der Waals surface area (Å²) in [5.74, 6) is -0.189. The molecule has 2 atom stereocenters. The van der Waals surface area contributed by atoms with Crippen LogP contribution in [0.25, 0.3) is 10.9 Å². The highest BCUT2D eigenvalue weighted by Crippen LogP contribution is 2.23. The van der Waals surface area contributed by atoms with Gasteiger partial charge in [-0.1, -0.05) is 30.0 Å². The van der Waals surface area contributed by atoms with Crippen LogP contribution in [0, 0.1) is 0 Å². The number of allylic oxidation sites excluding steroid dienone is 1. The third-order valence-corrected chi connectivity index (χ3v) is 7.23. The molecule has 7 nitrogen and oxygen atoms in total. The Morgan fingerprint density at radius 2 is 2.22 bits per heavy atom. The van der Waals surface area contributed by atoms with Crippen molar-refractivity contribution >= 4 is 38.4 Å². The van der Waals surface area contributed by atoms with Crippen molar-refractivity contribution in [3.63, 3.8) is 0 Å². The Morgan fingerprint density at radius 1 is 1.48 bits per heavy atom. The number of aromatic nitrogens is 2. The molecule has 0 saturated carbocycles. The predicted octanol–water partition coefficient (Wildman–Crippen LogP) is 1.37. The maximum Gasteiger partial charge on any atom is 0.262 e. The maximum absolute atomic E-state index is 12.7. The van der Waals surface area contributed by atoms with Crippen molar-refractivity contribution in [3.05, 3.63) is 47.3 Å². The summed E-state index contributed by atoms with van der Waals surface area (Å²) in [6, 6.07) is 6.70. The Kier molecular flexibility index (Phi) is 5.71. The van der Waals surface area contributed by atoms with Gasteiger partial charge in [0.1, 0.15) is 0 Å². The third-order valence-electron chi connectivity index (χ3n) is 4.37. The van der Waals surface area contributed by atoms with Gasteiger partial charge in [0.2, 0.25) is 5.91 Å². The number of rotatable bonds is 6. The summed E-state index contributed by atoms with van der Waals surface area (Å²) >= 11 is 1.17. The summed E-state index contributed by atoms with van der Waals surface area (Å²) in [6.45, 7) is 5.68. The molecule has 1 saturated heterocycles. The molecule has 1 aromatic carbocycles. The van der Waals surface area contributed by atoms with Crippen molar-refractivity contribution in [1.29, 1.82) is 0 Å². The molecule has 0 spiro atoms. The SMILES string of the molecule is C=CCn1c(S[C@@H](C)C(=O)N[C@H]2CCS(=O)(=O)C2)nc2ccccc2c1=O. The van der Waals surface area contributed by atoms with Crippen LogP contribution in [0.5, 0.6) is 0 Å². The molecule has 3 rings (SSSR count). The lowest BCUT2D eigenvalue weighted by atomic mass is 10.2. The Balaban J connectivity index is 1.82. The summed E-state index contributed by atoms with van der Waals surface area (Å²) in [6.07, 6.45) is 2.04. The van der Waals surface area contributed by atoms with Gasteiger partial charge in [-0.15, -0.1) is 6.58 Å². The lowest BCUT2D eigenvalue weighted by molar-refractivity contribution is -0.120. The number of para-hydroxylation sites is 1. The van der Waals surface area contributed by atoms with E-state index in [0.717, 1.165) is 0 Å². The number of sulfone groups is 1. The largest absolute Gasteiger partial charge is 0.351 e. The number of carbonyl (C=O) groups is 1. The third kappa shape index (κ3) is 4.41. The quantitative estimate of drug-likeness (QED) is 0.441. The fourth-order valence-corrected chi connectivity index (χ4v) is 5.57. The summed E-state index contributed by atoms with van der Waals surface area (Å²) in [5.41, 5.74) is 0.386. The lowest BCUT2D eigenvalue weighted by Crippen LogP contribution is -2.40. The van der Waals surface area contributed by atoms with E-state index in [9.17, 15) is 18.0 Å². The summed E-state index contributed by atoms with van der Waals surface area (Å²) in [5, 5.41) is 3.20. The summed E-state index contributed by atoms with van der Waals surface area (Å²) in [7, 11) is -3.06. The zero-order valence-corrected chi connectivity index (χ0v) is 16.6. The lowest BCUT2D eigenvalue weighted by Gasteiger charge is -2.17. The highest BCUT2D eigenvalue weighted by atomic mass is 32.2. The van der Waals surface area contributed by atoms with Gasteiger partial charge in [0.05, 0.1) is 27.7 Å². The highest BCUT2D eigenvalue weighted by Gasteiger charge is 2.30. The molecule has 2 heterocycles. The minimum Gasteiger partial charge on any atom is -0.351 e. The molecule has 1 amide bonds. The molecule has 0 bridgehead atoms. The van der Waals surface area contributed by atoms with Crippen molar-refractivity contribution in [2.45, 2.75) is 36.3 Å². The van der Waals surface area contributed by atoms with Crippen LogP contribution < -0.4 is 10.9 Å². The molecule has 144 valence electrons. The van der Waals surface area contributed by atoms with E-state index in [4.69, 9.17) is 0 Å². The molecule has 27 heavy (non-hydrogen) atoms. The normalized spacial score (nSPS) is 19.7. The molecule has 1 fully saturated rings. The Labute approximate surface area is 161 Å². The number of thioether (sulfide) groups is 1. The van der Waals surface area contributed by atoms with E-state index in [2.05, 4.69) is 16.9 Å². The Hall–Kier alpha value is -2.13. The molecule has 1 aromatic heterocycles. The van der Waals surface area contributed by atoms with Gasteiger partial charge in [-0.05, 0) is 25.5 Å². The fourth-order valence-electron chi connectivity index (χ4n) is 2.97. The molecule has 2 aromatic rings. The summed E-state index contributed by atoms with van der Waals surface area (Å²) < 4.78 is 24.6. The number of fused-ring (bicyclic) bond motifs is 1. The number of nitrogens with zero attached hydrogens (tertiary/aromatic N) is 2. The van der Waals surface area contributed by atoms with E-state index in [0.29, 0.717) is 22.5 Å². The van der Waals surface area contributed by atoms with Gasteiger partial charge >= 0.3 is 0 Å². The number of hydrogen-bond donors (Lipinski definition) is 1. The first-order chi connectivity index (χ1) is 12.8. The number of benzene rings is 1. The smallest absolute Gasteiger partial charge is 0.262 e. The van der Waals surface area contributed by atoms with Crippen LogP contribution in [-0.2, 0) is 21.2 Å². The van der Waals surface area contributed by atoms with Crippen LogP contribution in [0.3, 0.4) is 0 Å². The molecule has 1 aliphatic heterocycles. The second-order valence-electron chi connectivity index (χ2n) is 6.48. The van der Waals surface area contributed by atoms with Crippen LogP contribution in [0.15, 0.2) is 46.9 Å². The zero-order chi connectivity index (χ0) is 19.6. The van der Waals surface area contributed by atoms with Crippen LogP contribution >= 0.6 is 11.8 Å². The highest BCUT2D eigenvalue weighted by molar-refractivity contribution is 8.00. The number of amides is 1. The zero-order valence-electron chi connectivity index (χ0n) is 14.9. The van der Waals surface area contributed by atoms with Crippen LogP contribution in [0.4, 0.5) is 0 Å². The minimum absolute atomic E-state index is 0.0223. The Morgan fingerprint density at radius 3 is 2.89 bits per heavy atom. The first-order valence-corrected chi connectivity index (χ1v) is 11.3. The molecule has 0 radical (unpaired) electrons. The molecular formula is C18H21N3O4S2. The number of hydrogen-bond acceptors (Lipinski definition) is 6. The molecule has 1 aliphatic rings. The second-order valence-corrected chi connectivity index (χ2v) is 10.0. The molecule has 9 heteroatoms. The van der Waals surface area contributed by atoms with E-state index >= 15 is 0 Å². The average Bonchev–Trinajstić information content (AvgIpc) is 2.96. The van der Waals surface area contributed by atoms with Gasteiger partial charge in [-0.25, -0.2) is 13.4 Å². The van der Waals surface area contributed by atoms with Gasteiger partial charge in [0, 0.05) is 12.6 Å². The van der Waals surface area contributed by atoms with E-state index in [1.807, 2.05) is 0 Å². The van der Waals surface area contributed by atoms with Crippen LogP contribution in [0.2, 0.25) is 0 Å². The van der Waals surface area contributed by atoms with Crippen molar-refractivity contribution < 1.29 is 13.2 Å². The van der Waals surface area contributed by atoms with Crippen molar-refractivity contribution in [1.82, 2.24) is 14.9 Å². The predicted molar refractivity (Wildman–Crippen MR) is 107 cm³/mol. The van der Waals surface area contributed by atoms with E-state index in [1.54, 1.807) is 37.3 Å². The van der Waals surface area contributed by atoms with Gasteiger partial charge < -0.3 is 5.32 Å². The first kappa shape index (κ1) is 19.6. The molecule has 0 aliphatic carbocycles. The van der Waals surface area contributed by atoms with Gasteiger partial charge in [-0.2, -0.15) is 0 Å². The van der Waals surface area contributed by atoms with E-state index < -0.39 is 15.1 Å². The average molecular weight is 408 g/mol. The number of carbonyl (C=O) groups excluding carboxylic acids is 1. The molecule has 0 unspecified atom stereocenters. The van der Waals surface area contributed by atoms with Gasteiger partial charge in [0.15, 0.2) is 15.0 Å². The topological polar surface area (TPSA) is 98.1 Å². The van der Waals surface area contributed by atoms with E-state index in [1.165, 1.54) is 16.3 Å². The fraction of sp³-hybridized carbons (Fsp3) is 0.389. The standard InChI is InChI=1S/C18H21N3O4S2/c1-3-9-21-17(23)14-6-4-5-7-15(14)20-18(21)26-12(2)16(22)19-13-8-10-27(24,25)11-13/h3-7,12-13H,1,8-11H2,2H3,(H,19,22)/t12-,13-/m0/s1. The number of nitrogens with one attached hydrogen (secondary N) is 1. The molecular weight excluding hydrogens is 386 g/mol. The van der Waals surface area contributed by atoms with Gasteiger partial charge in [-0.3, -0.25) is 14.2 Å². The minimum atomic E-state index is -3.06. The molecule has 1 N–H and O–H groups in total. The van der Waals surface area contributed by atoms with Crippen LogP contribution in [-0.4, -0.2) is 46.7 Å². The van der Waals surface area contributed by atoms with Crippen molar-refractivity contribution in [2.75, 3.05) is 11.5 Å². The van der Waals surface area contributed by atoms with Crippen molar-refractivity contribution in [3.8, 4) is 0 Å². The van der Waals surface area contributed by atoms with Crippen LogP contribution in [0.1, 0.15) is 13.3 Å². The van der Waals surface area contributed by atoms with Crippen molar-refractivity contribution in [2.24, 2.45) is 0 Å². The van der Waals surface area contributed by atoms with E-state index in [-0.39, 0.29) is 35.6 Å².